The summed E-state index contributed by atoms with van der Waals surface area (Å²) in [7, 11) is 1.45. The van der Waals surface area contributed by atoms with Gasteiger partial charge in [-0.1, -0.05) is 48.5 Å². The molecule has 0 aromatic heterocycles. The molecule has 0 spiro atoms. The third-order valence-corrected chi connectivity index (χ3v) is 3.89. The van der Waals surface area contributed by atoms with Gasteiger partial charge >= 0.3 is 11.9 Å². The number of carbonyl (C=O) groups excluding carboxylic acids is 2. The zero-order valence-electron chi connectivity index (χ0n) is 14.3. The highest BCUT2D eigenvalue weighted by molar-refractivity contribution is 5.85. The van der Waals surface area contributed by atoms with Crippen molar-refractivity contribution >= 4 is 17.6 Å². The Hall–Kier alpha value is -3.28. The zero-order valence-corrected chi connectivity index (χ0v) is 14.3. The topological polar surface area (TPSA) is 73.9 Å². The van der Waals surface area contributed by atoms with E-state index >= 15 is 0 Å². The van der Waals surface area contributed by atoms with E-state index in [0.717, 1.165) is 5.69 Å². The molecule has 2 aromatic rings. The Bertz CT molecular complexity index is 788. The lowest BCUT2D eigenvalue weighted by atomic mass is 10.0. The number of anilines is 1. The normalized spacial score (nSPS) is 17.0. The summed E-state index contributed by atoms with van der Waals surface area (Å²) in [6.45, 7) is -0.0138. The Balaban J connectivity index is 1.73. The lowest BCUT2D eigenvalue weighted by Crippen LogP contribution is -2.29. The minimum absolute atomic E-state index is 0.0138. The van der Waals surface area contributed by atoms with Crippen LogP contribution in [0.2, 0.25) is 0 Å². The van der Waals surface area contributed by atoms with Crippen molar-refractivity contribution in [1.82, 2.24) is 0 Å². The van der Waals surface area contributed by atoms with E-state index in [4.69, 9.17) is 14.2 Å². The first-order valence-corrected chi connectivity index (χ1v) is 8.17. The van der Waals surface area contributed by atoms with Crippen LogP contribution in [0.4, 0.5) is 5.69 Å². The van der Waals surface area contributed by atoms with Gasteiger partial charge in [-0.3, -0.25) is 4.79 Å². The summed E-state index contributed by atoms with van der Waals surface area (Å²) >= 11 is 0. The molecule has 0 saturated carbocycles. The van der Waals surface area contributed by atoms with Crippen LogP contribution in [0.15, 0.2) is 72.5 Å². The summed E-state index contributed by atoms with van der Waals surface area (Å²) in [6.07, 6.45) is -0.342. The van der Waals surface area contributed by atoms with E-state index < -0.39 is 24.1 Å². The fourth-order valence-electron chi connectivity index (χ4n) is 2.66. The molecule has 3 rings (SSSR count). The van der Waals surface area contributed by atoms with Crippen LogP contribution in [0.1, 0.15) is 11.7 Å². The van der Waals surface area contributed by atoms with Crippen molar-refractivity contribution in [3.05, 3.63) is 78.1 Å². The molecule has 6 heteroatoms. The molecule has 0 aliphatic carbocycles. The van der Waals surface area contributed by atoms with Crippen LogP contribution in [-0.4, -0.2) is 31.7 Å². The highest BCUT2D eigenvalue weighted by Gasteiger charge is 2.38. The average Bonchev–Trinajstić information content (AvgIpc) is 3.06. The Morgan fingerprint density at radius 3 is 2.42 bits per heavy atom. The molecule has 1 aliphatic rings. The van der Waals surface area contributed by atoms with Crippen LogP contribution in [-0.2, 0) is 23.8 Å². The molecular formula is C20H19NO5. The van der Waals surface area contributed by atoms with E-state index in [1.165, 1.54) is 13.2 Å². The van der Waals surface area contributed by atoms with Gasteiger partial charge in [0.2, 0.25) is 0 Å². The molecule has 0 amide bonds. The van der Waals surface area contributed by atoms with E-state index in [9.17, 15) is 9.59 Å². The molecule has 0 bridgehead atoms. The van der Waals surface area contributed by atoms with Crippen molar-refractivity contribution in [1.29, 1.82) is 0 Å². The molecule has 26 heavy (non-hydrogen) atoms. The van der Waals surface area contributed by atoms with Crippen LogP contribution >= 0.6 is 0 Å². The second kappa shape index (κ2) is 8.20. The zero-order chi connectivity index (χ0) is 18.4. The van der Waals surface area contributed by atoms with Crippen molar-refractivity contribution in [3.8, 4) is 0 Å². The molecule has 0 saturated heterocycles. The minimum atomic E-state index is -0.810. The smallest absolute Gasteiger partial charge is 0.335 e. The van der Waals surface area contributed by atoms with Crippen LogP contribution < -0.4 is 5.32 Å². The number of cyclic esters (lactones) is 1. The molecule has 1 N–H and O–H groups in total. The van der Waals surface area contributed by atoms with Crippen LogP contribution in [0.5, 0.6) is 0 Å². The number of hydrogen-bond donors (Lipinski definition) is 1. The molecular weight excluding hydrogens is 334 g/mol. The first-order valence-electron chi connectivity index (χ1n) is 8.17. The fourth-order valence-corrected chi connectivity index (χ4v) is 2.66. The van der Waals surface area contributed by atoms with Gasteiger partial charge in [0.1, 0.15) is 12.3 Å². The number of ether oxygens (including phenoxy) is 3. The van der Waals surface area contributed by atoms with Gasteiger partial charge in [0.15, 0.2) is 12.2 Å². The molecule has 6 nitrogen and oxygen atoms in total. The van der Waals surface area contributed by atoms with Crippen molar-refractivity contribution < 1.29 is 23.8 Å². The number of benzene rings is 2. The molecule has 1 aliphatic heterocycles. The highest BCUT2D eigenvalue weighted by atomic mass is 16.6. The van der Waals surface area contributed by atoms with Crippen molar-refractivity contribution in [2.75, 3.05) is 19.0 Å². The van der Waals surface area contributed by atoms with E-state index in [-0.39, 0.29) is 6.54 Å². The van der Waals surface area contributed by atoms with E-state index in [0.29, 0.717) is 11.3 Å². The molecule has 0 radical (unpaired) electrons. The van der Waals surface area contributed by atoms with Crippen molar-refractivity contribution in [2.24, 2.45) is 0 Å². The molecule has 2 aromatic carbocycles. The Morgan fingerprint density at radius 2 is 1.77 bits per heavy atom. The summed E-state index contributed by atoms with van der Waals surface area (Å²) in [5.41, 5.74) is 1.52. The molecule has 2 atom stereocenters. The predicted octanol–water partition coefficient (Wildman–Crippen LogP) is 2.84. The second-order valence-corrected chi connectivity index (χ2v) is 5.65. The predicted molar refractivity (Wildman–Crippen MR) is 95.2 cm³/mol. The molecule has 0 fully saturated rings. The first-order chi connectivity index (χ1) is 12.7. The molecule has 1 heterocycles. The lowest BCUT2D eigenvalue weighted by molar-refractivity contribution is -0.161. The second-order valence-electron chi connectivity index (χ2n) is 5.65. The number of rotatable bonds is 7. The Kier molecular flexibility index (Phi) is 5.53. The number of carbonyl (C=O) groups is 2. The average molecular weight is 353 g/mol. The number of methoxy groups -OCH3 is 1. The maximum absolute atomic E-state index is 12.3. The summed E-state index contributed by atoms with van der Waals surface area (Å²) in [6, 6.07) is 18.5. The van der Waals surface area contributed by atoms with Gasteiger partial charge in [-0.25, -0.2) is 4.79 Å². The van der Waals surface area contributed by atoms with E-state index in [1.807, 2.05) is 60.7 Å². The standard InChI is InChI=1S/C20H19NO5/c1-24-16-12-17(22)25-20(16)19(14-8-4-2-5-9-14)26-18(23)13-21-15-10-6-3-7-11-15/h2-12,19-21H,13H2,1H3. The van der Waals surface area contributed by atoms with Crippen LogP contribution in [0.3, 0.4) is 0 Å². The quantitative estimate of drug-likeness (QED) is 0.772. The number of esters is 2. The Morgan fingerprint density at radius 1 is 1.12 bits per heavy atom. The largest absolute Gasteiger partial charge is 0.497 e. The molecule has 134 valence electrons. The summed E-state index contributed by atoms with van der Waals surface area (Å²) < 4.78 is 16.1. The van der Waals surface area contributed by atoms with Gasteiger partial charge in [0, 0.05) is 5.69 Å². The third-order valence-electron chi connectivity index (χ3n) is 3.89. The van der Waals surface area contributed by atoms with Crippen molar-refractivity contribution in [3.63, 3.8) is 0 Å². The number of hydrogen-bond acceptors (Lipinski definition) is 6. The van der Waals surface area contributed by atoms with E-state index in [1.54, 1.807) is 0 Å². The van der Waals surface area contributed by atoms with Gasteiger partial charge in [-0.15, -0.1) is 0 Å². The van der Waals surface area contributed by atoms with Crippen molar-refractivity contribution in [2.45, 2.75) is 12.2 Å². The minimum Gasteiger partial charge on any atom is -0.497 e. The van der Waals surface area contributed by atoms with Crippen LogP contribution in [0, 0.1) is 0 Å². The highest BCUT2D eigenvalue weighted by Crippen LogP contribution is 2.32. The molecule has 2 unspecified atom stereocenters. The van der Waals surface area contributed by atoms with Gasteiger partial charge in [-0.05, 0) is 17.7 Å². The third kappa shape index (κ3) is 4.22. The number of nitrogens with one attached hydrogen (secondary N) is 1. The SMILES string of the molecule is COC1=CC(=O)OC1C(OC(=O)CNc1ccccc1)c1ccccc1. The van der Waals surface area contributed by atoms with E-state index in [2.05, 4.69) is 5.32 Å². The Labute approximate surface area is 151 Å². The first kappa shape index (κ1) is 17.5. The maximum atomic E-state index is 12.3. The van der Waals surface area contributed by atoms with Gasteiger partial charge < -0.3 is 19.5 Å². The summed E-state index contributed by atoms with van der Waals surface area (Å²) in [5, 5.41) is 3.00. The number of para-hydroxylation sites is 1. The maximum Gasteiger partial charge on any atom is 0.335 e. The summed E-state index contributed by atoms with van der Waals surface area (Å²) in [4.78, 5) is 24.0. The lowest BCUT2D eigenvalue weighted by Gasteiger charge is -2.25. The monoisotopic (exact) mass is 353 g/mol. The van der Waals surface area contributed by atoms with Gasteiger partial charge in [0.05, 0.1) is 13.2 Å². The van der Waals surface area contributed by atoms with Crippen LogP contribution in [0.25, 0.3) is 0 Å². The van der Waals surface area contributed by atoms with Gasteiger partial charge in [-0.2, -0.15) is 0 Å². The summed E-state index contributed by atoms with van der Waals surface area (Å²) in [5.74, 6) is -0.667. The fraction of sp³-hybridized carbons (Fsp3) is 0.200. The van der Waals surface area contributed by atoms with Gasteiger partial charge in [0.25, 0.3) is 0 Å².